The molecule has 0 aliphatic heterocycles. The molecule has 2 N–H and O–H groups in total. The van der Waals surface area contributed by atoms with Gasteiger partial charge >= 0.3 is 0 Å². The van der Waals surface area contributed by atoms with Gasteiger partial charge in [-0.25, -0.2) is 0 Å². The lowest BCUT2D eigenvalue weighted by Crippen LogP contribution is -2.46. The fourth-order valence-electron chi connectivity index (χ4n) is 1.43. The molecule has 0 aliphatic carbocycles. The van der Waals surface area contributed by atoms with E-state index in [1.165, 1.54) is 5.56 Å². The Balaban J connectivity index is 2.40. The van der Waals surface area contributed by atoms with Gasteiger partial charge in [-0.3, -0.25) is 0 Å². The van der Waals surface area contributed by atoms with E-state index in [4.69, 9.17) is 5.11 Å². The van der Waals surface area contributed by atoms with Gasteiger partial charge in [0.15, 0.2) is 0 Å². The highest BCUT2D eigenvalue weighted by molar-refractivity contribution is 5.21. The van der Waals surface area contributed by atoms with Crippen LogP contribution in [0.2, 0.25) is 0 Å². The predicted molar refractivity (Wildman–Crippen MR) is 71.8 cm³/mol. The summed E-state index contributed by atoms with van der Waals surface area (Å²) in [5, 5.41) is 12.4. The average Bonchev–Trinajstić information content (AvgIpc) is 2.29. The molecule has 0 fully saturated rings. The molecule has 1 aromatic carbocycles. The first-order valence-electron chi connectivity index (χ1n) is 6.02. The van der Waals surface area contributed by atoms with Crippen LogP contribution in [0.1, 0.15) is 25.0 Å². The van der Waals surface area contributed by atoms with Gasteiger partial charge in [-0.15, -0.1) is 0 Å². The highest BCUT2D eigenvalue weighted by Gasteiger charge is 2.19. The molecule has 0 spiro atoms. The van der Waals surface area contributed by atoms with E-state index in [2.05, 4.69) is 50.3 Å². The van der Waals surface area contributed by atoms with Gasteiger partial charge in [0.2, 0.25) is 0 Å². The number of aliphatic hydroxyl groups excluding tert-OH is 1. The Morgan fingerprint density at radius 3 is 2.12 bits per heavy atom. The van der Waals surface area contributed by atoms with E-state index in [-0.39, 0.29) is 12.1 Å². The first-order valence-corrected chi connectivity index (χ1v) is 6.02. The number of likely N-dealkylation sites (N-methyl/N-ethyl adjacent to an activating group) is 1. The van der Waals surface area contributed by atoms with Crippen LogP contribution in [0.3, 0.4) is 0 Å². The van der Waals surface area contributed by atoms with E-state index in [0.717, 1.165) is 18.7 Å². The van der Waals surface area contributed by atoms with Gasteiger partial charge in [0.05, 0.1) is 6.61 Å². The molecule has 1 rings (SSSR count). The lowest BCUT2D eigenvalue weighted by molar-refractivity contribution is 0.190. The molecule has 17 heavy (non-hydrogen) atoms. The van der Waals surface area contributed by atoms with Crippen LogP contribution in [0.25, 0.3) is 0 Å². The Labute approximate surface area is 104 Å². The standard InChI is InChI=1S/C14H24N2O/c1-14(2,16(3)4)11-15-9-12-5-7-13(10-17)8-6-12/h5-8,15,17H,9-11H2,1-4H3. The zero-order valence-corrected chi connectivity index (χ0v) is 11.3. The summed E-state index contributed by atoms with van der Waals surface area (Å²) in [4.78, 5) is 2.22. The van der Waals surface area contributed by atoms with Crippen molar-refractivity contribution in [3.63, 3.8) is 0 Å². The second kappa shape index (κ2) is 6.15. The Morgan fingerprint density at radius 2 is 1.65 bits per heavy atom. The molecular formula is C14H24N2O. The number of benzene rings is 1. The number of aliphatic hydroxyl groups is 1. The van der Waals surface area contributed by atoms with Gasteiger partial charge in [-0.1, -0.05) is 24.3 Å². The lowest BCUT2D eigenvalue weighted by atomic mass is 10.0. The van der Waals surface area contributed by atoms with Gasteiger partial charge in [0.25, 0.3) is 0 Å². The van der Waals surface area contributed by atoms with Crippen LogP contribution in [0, 0.1) is 0 Å². The van der Waals surface area contributed by atoms with Gasteiger partial charge in [0, 0.05) is 18.6 Å². The number of nitrogens with one attached hydrogen (secondary N) is 1. The van der Waals surface area contributed by atoms with Gasteiger partial charge in [-0.05, 0) is 39.1 Å². The molecule has 0 bridgehead atoms. The molecule has 0 saturated heterocycles. The molecule has 0 unspecified atom stereocenters. The highest BCUT2D eigenvalue weighted by atomic mass is 16.3. The fourth-order valence-corrected chi connectivity index (χ4v) is 1.43. The normalized spacial score (nSPS) is 12.1. The third kappa shape index (κ3) is 4.46. The average molecular weight is 236 g/mol. The maximum absolute atomic E-state index is 8.95. The fraction of sp³-hybridized carbons (Fsp3) is 0.571. The SMILES string of the molecule is CN(C)C(C)(C)CNCc1ccc(CO)cc1. The van der Waals surface area contributed by atoms with Crippen molar-refractivity contribution in [2.75, 3.05) is 20.6 Å². The lowest BCUT2D eigenvalue weighted by Gasteiger charge is -2.32. The second-order valence-electron chi connectivity index (χ2n) is 5.29. The summed E-state index contributed by atoms with van der Waals surface area (Å²) in [6.07, 6.45) is 0. The topological polar surface area (TPSA) is 35.5 Å². The molecule has 96 valence electrons. The van der Waals surface area contributed by atoms with E-state index in [0.29, 0.717) is 0 Å². The quantitative estimate of drug-likeness (QED) is 0.787. The van der Waals surface area contributed by atoms with E-state index in [1.807, 2.05) is 12.1 Å². The van der Waals surface area contributed by atoms with Crippen LogP contribution in [0.15, 0.2) is 24.3 Å². The van der Waals surface area contributed by atoms with E-state index >= 15 is 0 Å². The van der Waals surface area contributed by atoms with Crippen molar-refractivity contribution < 1.29 is 5.11 Å². The van der Waals surface area contributed by atoms with Gasteiger partial charge < -0.3 is 15.3 Å². The van der Waals surface area contributed by atoms with Crippen LogP contribution >= 0.6 is 0 Å². The van der Waals surface area contributed by atoms with E-state index in [9.17, 15) is 0 Å². The summed E-state index contributed by atoms with van der Waals surface area (Å²) >= 11 is 0. The summed E-state index contributed by atoms with van der Waals surface area (Å²) < 4.78 is 0. The predicted octanol–water partition coefficient (Wildman–Crippen LogP) is 1.61. The molecule has 0 heterocycles. The first kappa shape index (κ1) is 14.2. The molecule has 0 atom stereocenters. The number of nitrogens with zero attached hydrogens (tertiary/aromatic N) is 1. The third-order valence-electron chi connectivity index (χ3n) is 3.30. The van der Waals surface area contributed by atoms with Crippen molar-refractivity contribution in [1.82, 2.24) is 10.2 Å². The smallest absolute Gasteiger partial charge is 0.0681 e. The summed E-state index contributed by atoms with van der Waals surface area (Å²) in [7, 11) is 4.19. The summed E-state index contributed by atoms with van der Waals surface area (Å²) in [5.41, 5.74) is 2.37. The Morgan fingerprint density at radius 1 is 1.12 bits per heavy atom. The summed E-state index contributed by atoms with van der Waals surface area (Å²) in [5.74, 6) is 0. The largest absolute Gasteiger partial charge is 0.392 e. The molecule has 0 aliphatic rings. The third-order valence-corrected chi connectivity index (χ3v) is 3.30. The molecule has 0 amide bonds. The number of rotatable bonds is 6. The molecule has 3 nitrogen and oxygen atoms in total. The Kier molecular flexibility index (Phi) is 5.12. The Bertz CT molecular complexity index is 331. The second-order valence-corrected chi connectivity index (χ2v) is 5.29. The van der Waals surface area contributed by atoms with Crippen LogP contribution < -0.4 is 5.32 Å². The first-order chi connectivity index (χ1) is 7.95. The Hall–Kier alpha value is -0.900. The van der Waals surface area contributed by atoms with Crippen molar-refractivity contribution in [1.29, 1.82) is 0 Å². The summed E-state index contributed by atoms with van der Waals surface area (Å²) in [6.45, 7) is 6.36. The van der Waals surface area contributed by atoms with Crippen molar-refractivity contribution in [3.05, 3.63) is 35.4 Å². The van der Waals surface area contributed by atoms with Crippen molar-refractivity contribution in [2.45, 2.75) is 32.5 Å². The molecular weight excluding hydrogens is 212 g/mol. The van der Waals surface area contributed by atoms with Crippen LogP contribution in [-0.4, -0.2) is 36.2 Å². The number of hydrogen-bond acceptors (Lipinski definition) is 3. The number of hydrogen-bond donors (Lipinski definition) is 2. The van der Waals surface area contributed by atoms with Crippen LogP contribution in [0.4, 0.5) is 0 Å². The minimum atomic E-state index is 0.112. The minimum Gasteiger partial charge on any atom is -0.392 e. The zero-order valence-electron chi connectivity index (χ0n) is 11.3. The van der Waals surface area contributed by atoms with E-state index < -0.39 is 0 Å². The molecule has 0 saturated carbocycles. The molecule has 1 aromatic rings. The van der Waals surface area contributed by atoms with Crippen molar-refractivity contribution in [2.24, 2.45) is 0 Å². The maximum atomic E-state index is 8.95. The zero-order chi connectivity index (χ0) is 12.9. The summed E-state index contributed by atoms with van der Waals surface area (Å²) in [6, 6.07) is 8.05. The minimum absolute atomic E-state index is 0.112. The monoisotopic (exact) mass is 236 g/mol. The van der Waals surface area contributed by atoms with Crippen LogP contribution in [0.5, 0.6) is 0 Å². The van der Waals surface area contributed by atoms with Gasteiger partial charge in [0.1, 0.15) is 0 Å². The van der Waals surface area contributed by atoms with Crippen molar-refractivity contribution >= 4 is 0 Å². The van der Waals surface area contributed by atoms with E-state index in [1.54, 1.807) is 0 Å². The van der Waals surface area contributed by atoms with Crippen LogP contribution in [-0.2, 0) is 13.2 Å². The van der Waals surface area contributed by atoms with Crippen molar-refractivity contribution in [3.8, 4) is 0 Å². The van der Waals surface area contributed by atoms with Gasteiger partial charge in [-0.2, -0.15) is 0 Å². The molecule has 0 radical (unpaired) electrons. The maximum Gasteiger partial charge on any atom is 0.0681 e. The highest BCUT2D eigenvalue weighted by Crippen LogP contribution is 2.09. The molecule has 0 aromatic heterocycles. The molecule has 3 heteroatoms.